The van der Waals surface area contributed by atoms with E-state index in [1.807, 2.05) is 13.8 Å². The maximum absolute atomic E-state index is 13.2. The number of alkyl halides is 3. The van der Waals surface area contributed by atoms with E-state index in [4.69, 9.17) is 4.42 Å². The molecule has 0 fully saturated rings. The molecule has 0 aromatic carbocycles. The number of nitrogens with one attached hydrogen (secondary N) is 2. The number of urea groups is 1. The second-order valence-electron chi connectivity index (χ2n) is 7.51. The van der Waals surface area contributed by atoms with Crippen LogP contribution in [0.2, 0.25) is 0 Å². The molecule has 1 radical (unpaired) electrons. The summed E-state index contributed by atoms with van der Waals surface area (Å²) in [6.45, 7) is 5.82. The number of carbonyl (C=O) groups is 1. The Bertz CT molecular complexity index is 1350. The van der Waals surface area contributed by atoms with Crippen LogP contribution < -0.4 is 10.6 Å². The lowest BCUT2D eigenvalue weighted by Crippen LogP contribution is -2.28. The molecule has 35 heavy (non-hydrogen) atoms. The first-order valence-electron chi connectivity index (χ1n) is 10.3. The minimum absolute atomic E-state index is 0.107. The van der Waals surface area contributed by atoms with Gasteiger partial charge in [-0.3, -0.25) is 10.3 Å². The van der Waals surface area contributed by atoms with Crippen LogP contribution in [0, 0.1) is 5.92 Å². The monoisotopic (exact) mass is 502 g/mol. The summed E-state index contributed by atoms with van der Waals surface area (Å²) in [5.74, 6) is 1.63. The van der Waals surface area contributed by atoms with Crippen molar-refractivity contribution in [3.63, 3.8) is 0 Å². The zero-order valence-electron chi connectivity index (χ0n) is 18.8. The molecule has 9 nitrogen and oxygen atoms in total. The Morgan fingerprint density at radius 1 is 1.09 bits per heavy atom. The predicted molar refractivity (Wildman–Crippen MR) is 123 cm³/mol. The summed E-state index contributed by atoms with van der Waals surface area (Å²) in [7, 11) is 0. The first kappa shape index (κ1) is 24.3. The van der Waals surface area contributed by atoms with Gasteiger partial charge in [0, 0.05) is 47.2 Å². The second-order valence-corrected chi connectivity index (χ2v) is 8.37. The van der Waals surface area contributed by atoms with Gasteiger partial charge in [-0.25, -0.2) is 14.8 Å². The lowest BCUT2D eigenvalue weighted by molar-refractivity contribution is -0.140. The van der Waals surface area contributed by atoms with Gasteiger partial charge in [0.15, 0.2) is 5.69 Å². The van der Waals surface area contributed by atoms with Crippen LogP contribution in [-0.2, 0) is 6.18 Å². The van der Waals surface area contributed by atoms with Crippen molar-refractivity contribution in [3.05, 3.63) is 53.6 Å². The summed E-state index contributed by atoms with van der Waals surface area (Å²) in [6, 6.07) is 2.69. The molecule has 0 bridgehead atoms. The highest BCUT2D eigenvalue weighted by Crippen LogP contribution is 2.39. The number of aromatic nitrogens is 5. The van der Waals surface area contributed by atoms with Gasteiger partial charge in [-0.05, 0) is 19.1 Å². The molecule has 0 saturated heterocycles. The number of pyridine rings is 2. The van der Waals surface area contributed by atoms with E-state index >= 15 is 0 Å². The van der Waals surface area contributed by atoms with Crippen molar-refractivity contribution in [3.8, 4) is 33.2 Å². The molecule has 4 aromatic heterocycles. The fourth-order valence-electron chi connectivity index (χ4n) is 3.03. The zero-order chi connectivity index (χ0) is 25.2. The highest BCUT2D eigenvalue weighted by Gasteiger charge is 2.34. The molecule has 0 aliphatic rings. The number of thiazole rings is 1. The number of halogens is 3. The summed E-state index contributed by atoms with van der Waals surface area (Å²) in [4.78, 5) is 24.2. The van der Waals surface area contributed by atoms with Gasteiger partial charge in [-0.15, -0.1) is 21.5 Å². The first-order chi connectivity index (χ1) is 16.7. The summed E-state index contributed by atoms with van der Waals surface area (Å²) in [5.41, 5.74) is 0.857. The Hall–Kier alpha value is -3.87. The van der Waals surface area contributed by atoms with Crippen LogP contribution in [0.25, 0.3) is 33.2 Å². The van der Waals surface area contributed by atoms with Crippen molar-refractivity contribution >= 4 is 23.2 Å². The molecule has 0 aliphatic carbocycles. The lowest BCUT2D eigenvalue weighted by Gasteiger charge is -2.11. The standard InChI is InChI=1S/C22H19F3N7O2S/c1-4-27-21(33)30-17-6-14(20-29-16(10-35-20)22(23,24)25)15(9-28-17)12-5-13(8-26-7-12)19-32-31-18(34-19)11(2)3/h5-10H,4H2,1-3H3,(H2,27,28,30,33). The summed E-state index contributed by atoms with van der Waals surface area (Å²) < 4.78 is 45.3. The fourth-order valence-corrected chi connectivity index (χ4v) is 3.88. The van der Waals surface area contributed by atoms with E-state index < -0.39 is 17.9 Å². The maximum atomic E-state index is 13.2. The average Bonchev–Trinajstić information content (AvgIpc) is 3.50. The van der Waals surface area contributed by atoms with E-state index in [0.29, 0.717) is 34.7 Å². The Kier molecular flexibility index (Phi) is 6.78. The largest absolute Gasteiger partial charge is 0.434 e. The number of carbonyl (C=O) groups excluding carboxylic acids is 1. The number of rotatable bonds is 6. The van der Waals surface area contributed by atoms with E-state index in [-0.39, 0.29) is 16.7 Å². The van der Waals surface area contributed by atoms with Gasteiger partial charge >= 0.3 is 12.2 Å². The molecular formula is C22H19F3N7O2S. The van der Waals surface area contributed by atoms with Crippen LogP contribution in [0.15, 0.2) is 40.5 Å². The quantitative estimate of drug-likeness (QED) is 0.360. The molecule has 2 amide bonds. The van der Waals surface area contributed by atoms with Gasteiger partial charge in [0.25, 0.3) is 0 Å². The molecular weight excluding hydrogens is 483 g/mol. The summed E-state index contributed by atoms with van der Waals surface area (Å²) in [5, 5.41) is 14.2. The number of hydrogen-bond donors (Lipinski definition) is 2. The molecule has 4 rings (SSSR count). The van der Waals surface area contributed by atoms with Gasteiger partial charge in [-0.1, -0.05) is 13.8 Å². The molecule has 13 heteroatoms. The van der Waals surface area contributed by atoms with Crippen molar-refractivity contribution in [1.29, 1.82) is 0 Å². The fraction of sp³-hybridized carbons (Fsp3) is 0.227. The smallest absolute Gasteiger partial charge is 0.420 e. The number of nitrogens with zero attached hydrogens (tertiary/aromatic N) is 5. The van der Waals surface area contributed by atoms with E-state index in [9.17, 15) is 18.0 Å². The zero-order valence-corrected chi connectivity index (χ0v) is 19.6. The van der Waals surface area contributed by atoms with Crippen LogP contribution in [0.5, 0.6) is 0 Å². The van der Waals surface area contributed by atoms with Gasteiger partial charge in [0.2, 0.25) is 11.8 Å². The topological polar surface area (TPSA) is 119 Å². The summed E-state index contributed by atoms with van der Waals surface area (Å²) >= 11 is 0.832. The number of hydrogen-bond acceptors (Lipinski definition) is 8. The minimum Gasteiger partial charge on any atom is -0.420 e. The highest BCUT2D eigenvalue weighted by molar-refractivity contribution is 7.13. The molecule has 0 aliphatic heterocycles. The van der Waals surface area contributed by atoms with Crippen molar-refractivity contribution in [1.82, 2.24) is 30.5 Å². The average molecular weight is 503 g/mol. The first-order valence-corrected chi connectivity index (χ1v) is 11.2. The van der Waals surface area contributed by atoms with Gasteiger partial charge < -0.3 is 9.73 Å². The Morgan fingerprint density at radius 3 is 2.51 bits per heavy atom. The van der Waals surface area contributed by atoms with Gasteiger partial charge in [-0.2, -0.15) is 13.2 Å². The van der Waals surface area contributed by atoms with Crippen molar-refractivity contribution in [2.45, 2.75) is 26.9 Å². The minimum atomic E-state index is -4.59. The SMILES string of the molecule is CCNC(=O)Nc1cc(-c2nc(C(F)(F)F)cs2)c(-c2cncc(-c3nnc([C](C)C)o3)c2)cn1. The van der Waals surface area contributed by atoms with Crippen LogP contribution in [0.1, 0.15) is 32.4 Å². The molecule has 4 heterocycles. The summed E-state index contributed by atoms with van der Waals surface area (Å²) in [6.07, 6.45) is -0.0755. The number of amides is 2. The van der Waals surface area contributed by atoms with Crippen molar-refractivity contribution in [2.75, 3.05) is 11.9 Å². The van der Waals surface area contributed by atoms with Crippen LogP contribution in [-0.4, -0.2) is 37.7 Å². The van der Waals surface area contributed by atoms with Crippen molar-refractivity contribution < 1.29 is 22.4 Å². The molecule has 4 aromatic rings. The molecule has 181 valence electrons. The van der Waals surface area contributed by atoms with E-state index in [2.05, 4.69) is 35.8 Å². The van der Waals surface area contributed by atoms with Crippen LogP contribution in [0.3, 0.4) is 0 Å². The lowest BCUT2D eigenvalue weighted by atomic mass is 10.0. The third-order valence-corrected chi connectivity index (χ3v) is 5.53. The van der Waals surface area contributed by atoms with Gasteiger partial charge in [0.1, 0.15) is 10.8 Å². The Balaban J connectivity index is 1.79. The van der Waals surface area contributed by atoms with E-state index in [1.165, 1.54) is 24.7 Å². The molecule has 0 atom stereocenters. The Morgan fingerprint density at radius 2 is 1.86 bits per heavy atom. The highest BCUT2D eigenvalue weighted by atomic mass is 32.1. The second kappa shape index (κ2) is 9.78. The molecule has 0 saturated carbocycles. The van der Waals surface area contributed by atoms with Crippen LogP contribution >= 0.6 is 11.3 Å². The molecule has 0 spiro atoms. The van der Waals surface area contributed by atoms with E-state index in [0.717, 1.165) is 22.6 Å². The van der Waals surface area contributed by atoms with Crippen molar-refractivity contribution in [2.24, 2.45) is 0 Å². The predicted octanol–water partition coefficient (Wildman–Crippen LogP) is 5.44. The number of anilines is 1. The normalized spacial score (nSPS) is 11.6. The van der Waals surface area contributed by atoms with E-state index in [1.54, 1.807) is 13.0 Å². The molecule has 2 N–H and O–H groups in total. The molecule has 0 unspecified atom stereocenters. The van der Waals surface area contributed by atoms with Crippen LogP contribution in [0.4, 0.5) is 23.8 Å². The Labute approximate surface area is 201 Å². The third-order valence-electron chi connectivity index (χ3n) is 4.66. The maximum Gasteiger partial charge on any atom is 0.434 e. The third kappa shape index (κ3) is 5.45. The van der Waals surface area contributed by atoms with Gasteiger partial charge in [0.05, 0.1) is 11.5 Å².